The highest BCUT2D eigenvalue weighted by Crippen LogP contribution is 2.48. The van der Waals surface area contributed by atoms with Gasteiger partial charge in [-0.05, 0) is 52.0 Å². The van der Waals surface area contributed by atoms with Gasteiger partial charge in [-0.1, -0.05) is 42.6 Å². The van der Waals surface area contributed by atoms with Crippen molar-refractivity contribution in [2.24, 2.45) is 0 Å². The van der Waals surface area contributed by atoms with E-state index < -0.39 is 0 Å². The Hall–Kier alpha value is -1.50. The van der Waals surface area contributed by atoms with Gasteiger partial charge in [0, 0.05) is 35.0 Å². The Morgan fingerprint density at radius 3 is 2.44 bits per heavy atom. The first-order chi connectivity index (χ1) is 12.9. The molecule has 1 aliphatic heterocycles. The molecule has 1 atom stereocenters. The lowest BCUT2D eigenvalue weighted by Crippen LogP contribution is -2.41. The van der Waals surface area contributed by atoms with Crippen molar-refractivity contribution in [3.05, 3.63) is 42.6 Å². The van der Waals surface area contributed by atoms with Crippen molar-refractivity contribution in [3.63, 3.8) is 0 Å². The standard InChI is InChI=1S/C21H27N3OS2/c1-14(2)23(15(3)4)13-16(5)26-21(25)24-17-9-6-7-10-18(17)27-19-11-8-12-22-20(19)24/h6-12,14-16H,13H2,1-5H3. The molecular formula is C21H27N3OS2. The number of amides is 1. The summed E-state index contributed by atoms with van der Waals surface area (Å²) in [7, 11) is 0. The fourth-order valence-electron chi connectivity index (χ4n) is 3.35. The van der Waals surface area contributed by atoms with E-state index in [0.29, 0.717) is 12.1 Å². The molecule has 6 heteroatoms. The number of aromatic nitrogens is 1. The Bertz CT molecular complexity index is 756. The lowest BCUT2D eigenvalue weighted by Gasteiger charge is -2.34. The van der Waals surface area contributed by atoms with Crippen molar-refractivity contribution in [3.8, 4) is 0 Å². The zero-order valence-electron chi connectivity index (χ0n) is 16.5. The quantitative estimate of drug-likeness (QED) is 0.610. The molecule has 1 aromatic heterocycles. The second kappa shape index (κ2) is 8.67. The van der Waals surface area contributed by atoms with E-state index >= 15 is 0 Å². The fraction of sp³-hybridized carbons (Fsp3) is 0.429. The number of fused-ring (bicyclic) bond motifs is 2. The second-order valence-corrected chi connectivity index (χ2v) is 9.78. The highest BCUT2D eigenvalue weighted by Gasteiger charge is 2.31. The summed E-state index contributed by atoms with van der Waals surface area (Å²) >= 11 is 3.06. The van der Waals surface area contributed by atoms with Crippen LogP contribution >= 0.6 is 23.5 Å². The number of hydrogen-bond donors (Lipinski definition) is 0. The van der Waals surface area contributed by atoms with Gasteiger partial charge in [-0.2, -0.15) is 0 Å². The molecule has 0 N–H and O–H groups in total. The normalized spacial score (nSPS) is 14.4. The summed E-state index contributed by atoms with van der Waals surface area (Å²) in [5, 5.41) is 0.221. The molecule has 1 unspecified atom stereocenters. The van der Waals surface area contributed by atoms with E-state index in [0.717, 1.165) is 27.8 Å². The molecule has 2 aromatic rings. The fourth-order valence-corrected chi connectivity index (χ4v) is 5.26. The number of rotatable bonds is 5. The Morgan fingerprint density at radius 2 is 1.74 bits per heavy atom. The monoisotopic (exact) mass is 401 g/mol. The van der Waals surface area contributed by atoms with Gasteiger partial charge in [0.1, 0.15) is 0 Å². The maximum Gasteiger partial charge on any atom is 0.292 e. The number of nitrogens with zero attached hydrogens (tertiary/aromatic N) is 3. The molecule has 1 aromatic carbocycles. The Balaban J connectivity index is 1.82. The molecule has 0 saturated carbocycles. The smallest absolute Gasteiger partial charge is 0.292 e. The van der Waals surface area contributed by atoms with E-state index in [9.17, 15) is 4.79 Å². The number of hydrogen-bond acceptors (Lipinski definition) is 5. The van der Waals surface area contributed by atoms with Crippen molar-refractivity contribution in [2.45, 2.75) is 61.7 Å². The van der Waals surface area contributed by atoms with Gasteiger partial charge in [0.25, 0.3) is 5.24 Å². The van der Waals surface area contributed by atoms with E-state index in [1.165, 1.54) is 11.8 Å². The van der Waals surface area contributed by atoms with E-state index in [1.54, 1.807) is 22.9 Å². The predicted molar refractivity (Wildman–Crippen MR) is 116 cm³/mol. The van der Waals surface area contributed by atoms with Crippen molar-refractivity contribution in [2.75, 3.05) is 11.4 Å². The molecule has 0 bridgehead atoms. The number of thioether (sulfide) groups is 1. The molecule has 1 amide bonds. The highest BCUT2D eigenvalue weighted by atomic mass is 32.2. The van der Waals surface area contributed by atoms with Crippen LogP contribution in [0.3, 0.4) is 0 Å². The van der Waals surface area contributed by atoms with Crippen LogP contribution in [0.15, 0.2) is 52.4 Å². The lowest BCUT2D eigenvalue weighted by molar-refractivity contribution is 0.178. The minimum absolute atomic E-state index is 0.0302. The van der Waals surface area contributed by atoms with Gasteiger partial charge in [0.2, 0.25) is 0 Å². The minimum atomic E-state index is 0.0302. The van der Waals surface area contributed by atoms with Crippen LogP contribution in [0.5, 0.6) is 0 Å². The van der Waals surface area contributed by atoms with Crippen LogP contribution < -0.4 is 4.90 Å². The maximum absolute atomic E-state index is 13.3. The molecule has 0 fully saturated rings. The summed E-state index contributed by atoms with van der Waals surface area (Å²) in [4.78, 5) is 24.1. The molecule has 0 aliphatic carbocycles. The molecule has 2 heterocycles. The number of anilines is 2. The zero-order chi connectivity index (χ0) is 19.6. The van der Waals surface area contributed by atoms with Crippen LogP contribution in [0, 0.1) is 0 Å². The summed E-state index contributed by atoms with van der Waals surface area (Å²) in [6.07, 6.45) is 1.75. The summed E-state index contributed by atoms with van der Waals surface area (Å²) in [5.74, 6) is 0.732. The average molecular weight is 402 g/mol. The molecule has 27 heavy (non-hydrogen) atoms. The SMILES string of the molecule is CC(CN(C(C)C)C(C)C)SC(=O)N1c2ccccc2Sc2cccnc21. The van der Waals surface area contributed by atoms with Gasteiger partial charge in [-0.25, -0.2) is 4.98 Å². The van der Waals surface area contributed by atoms with Gasteiger partial charge >= 0.3 is 0 Å². The first kappa shape index (κ1) is 20.2. The number of para-hydroxylation sites is 1. The lowest BCUT2D eigenvalue weighted by atomic mass is 10.2. The van der Waals surface area contributed by atoms with E-state index in [-0.39, 0.29) is 10.5 Å². The third-order valence-corrected chi connectivity index (χ3v) is 6.61. The number of carbonyl (C=O) groups excluding carboxylic acids is 1. The molecule has 0 saturated heterocycles. The largest absolute Gasteiger partial charge is 0.297 e. The molecule has 144 valence electrons. The third kappa shape index (κ3) is 4.50. The zero-order valence-corrected chi connectivity index (χ0v) is 18.2. The van der Waals surface area contributed by atoms with Gasteiger partial charge in [0.05, 0.1) is 10.6 Å². The summed E-state index contributed by atoms with van der Waals surface area (Å²) in [6.45, 7) is 11.8. The molecule has 1 aliphatic rings. The van der Waals surface area contributed by atoms with Crippen LogP contribution in [0.1, 0.15) is 34.6 Å². The number of benzene rings is 1. The minimum Gasteiger partial charge on any atom is -0.297 e. The van der Waals surface area contributed by atoms with E-state index in [1.807, 2.05) is 30.3 Å². The van der Waals surface area contributed by atoms with Gasteiger partial charge < -0.3 is 0 Å². The Morgan fingerprint density at radius 1 is 1.07 bits per heavy atom. The number of carbonyl (C=O) groups is 1. The van der Waals surface area contributed by atoms with E-state index in [2.05, 4.69) is 50.6 Å². The summed E-state index contributed by atoms with van der Waals surface area (Å²) in [5.41, 5.74) is 0.919. The van der Waals surface area contributed by atoms with Crippen LogP contribution in [-0.4, -0.2) is 39.0 Å². The third-order valence-electron chi connectivity index (χ3n) is 4.57. The van der Waals surface area contributed by atoms with Gasteiger partial charge in [-0.15, -0.1) is 0 Å². The average Bonchev–Trinajstić information content (AvgIpc) is 2.63. The molecule has 0 radical (unpaired) electrons. The molecule has 3 rings (SSSR count). The van der Waals surface area contributed by atoms with Gasteiger partial charge in [0.15, 0.2) is 5.82 Å². The van der Waals surface area contributed by atoms with Crippen molar-refractivity contribution in [1.29, 1.82) is 0 Å². The predicted octanol–water partition coefficient (Wildman–Crippen LogP) is 6.04. The Labute approximate surface area is 170 Å². The summed E-state index contributed by atoms with van der Waals surface area (Å²) in [6, 6.07) is 12.9. The van der Waals surface area contributed by atoms with Crippen molar-refractivity contribution in [1.82, 2.24) is 9.88 Å². The molecular weight excluding hydrogens is 374 g/mol. The summed E-state index contributed by atoms with van der Waals surface area (Å²) < 4.78 is 0. The van der Waals surface area contributed by atoms with Crippen molar-refractivity contribution >= 4 is 40.3 Å². The van der Waals surface area contributed by atoms with Crippen LogP contribution in [0.25, 0.3) is 0 Å². The van der Waals surface area contributed by atoms with E-state index in [4.69, 9.17) is 0 Å². The van der Waals surface area contributed by atoms with Crippen LogP contribution in [-0.2, 0) is 0 Å². The second-order valence-electron chi connectivity index (χ2n) is 7.31. The highest BCUT2D eigenvalue weighted by molar-refractivity contribution is 8.14. The van der Waals surface area contributed by atoms with Crippen LogP contribution in [0.4, 0.5) is 16.3 Å². The topological polar surface area (TPSA) is 36.4 Å². The number of pyridine rings is 1. The molecule has 0 spiro atoms. The van der Waals surface area contributed by atoms with Crippen LogP contribution in [0.2, 0.25) is 0 Å². The van der Waals surface area contributed by atoms with Gasteiger partial charge in [-0.3, -0.25) is 14.6 Å². The molecule has 4 nitrogen and oxygen atoms in total. The maximum atomic E-state index is 13.3. The first-order valence-corrected chi connectivity index (χ1v) is 11.1. The van der Waals surface area contributed by atoms with Crippen molar-refractivity contribution < 1.29 is 4.79 Å². The Kier molecular flexibility index (Phi) is 6.50. The first-order valence-electron chi connectivity index (χ1n) is 9.37.